The lowest BCUT2D eigenvalue weighted by atomic mass is 10.0. The zero-order valence-corrected chi connectivity index (χ0v) is 13.5. The third kappa shape index (κ3) is 3.42. The average molecular weight is 380 g/mol. The van der Waals surface area contributed by atoms with Gasteiger partial charge in [-0.2, -0.15) is 13.2 Å². The van der Waals surface area contributed by atoms with Gasteiger partial charge < -0.3 is 4.98 Å². The molecule has 0 saturated heterocycles. The molecule has 0 amide bonds. The van der Waals surface area contributed by atoms with E-state index in [1.54, 1.807) is 18.2 Å². The van der Waals surface area contributed by atoms with Crippen molar-refractivity contribution in [3.63, 3.8) is 0 Å². The molecule has 3 rings (SSSR count). The Morgan fingerprint density at radius 3 is 2.04 bits per heavy atom. The van der Waals surface area contributed by atoms with Crippen molar-refractivity contribution in [2.45, 2.75) is 9.97 Å². The van der Waals surface area contributed by atoms with Crippen LogP contribution < -0.4 is 0 Å². The molecule has 1 N–H and O–H groups in total. The van der Waals surface area contributed by atoms with Gasteiger partial charge in [-0.25, -0.2) is 4.98 Å². The van der Waals surface area contributed by atoms with Crippen molar-refractivity contribution < 1.29 is 13.2 Å². The summed E-state index contributed by atoms with van der Waals surface area (Å²) >= 11 is 17.3. The summed E-state index contributed by atoms with van der Waals surface area (Å²) in [6.45, 7) is 0. The van der Waals surface area contributed by atoms with Crippen molar-refractivity contribution in [2.24, 2.45) is 0 Å². The largest absolute Gasteiger partial charge is 0.416 e. The van der Waals surface area contributed by atoms with E-state index in [1.807, 2.05) is 0 Å². The molecule has 0 bridgehead atoms. The first-order chi connectivity index (χ1) is 10.6. The van der Waals surface area contributed by atoms with Gasteiger partial charge in [0.2, 0.25) is 3.79 Å². The van der Waals surface area contributed by atoms with Crippen LogP contribution in [0.1, 0.15) is 11.4 Å². The summed E-state index contributed by atoms with van der Waals surface area (Å²) in [6.07, 6.45) is -4.36. The number of H-pyrrole nitrogens is 1. The monoisotopic (exact) mass is 378 g/mol. The highest BCUT2D eigenvalue weighted by Gasteiger charge is 2.30. The maximum absolute atomic E-state index is 12.6. The second-order valence-corrected chi connectivity index (χ2v) is 7.17. The smallest absolute Gasteiger partial charge is 0.338 e. The van der Waals surface area contributed by atoms with E-state index >= 15 is 0 Å². The molecule has 1 heterocycles. The maximum Gasteiger partial charge on any atom is 0.416 e. The fraction of sp³-hybridized carbons (Fsp3) is 0.133. The van der Waals surface area contributed by atoms with Crippen LogP contribution in [-0.4, -0.2) is 9.97 Å². The summed E-state index contributed by atoms with van der Waals surface area (Å²) in [5, 5.41) is 0. The number of hydrogen-bond acceptors (Lipinski definition) is 1. The van der Waals surface area contributed by atoms with Gasteiger partial charge in [0.25, 0.3) is 0 Å². The van der Waals surface area contributed by atoms with Gasteiger partial charge in [0.05, 0.1) is 16.6 Å². The Balaban J connectivity index is 2.00. The molecule has 0 aliphatic heterocycles. The standard InChI is InChI=1S/C15H8Cl3F3N2/c16-14(17,18)13-22-11-6-3-9(7-12(11)23-13)8-1-4-10(5-2-8)15(19,20)21/h1-7H,(H,22,23). The molecule has 0 fully saturated rings. The van der Waals surface area contributed by atoms with Crippen LogP contribution in [0.2, 0.25) is 0 Å². The first kappa shape index (κ1) is 16.4. The topological polar surface area (TPSA) is 28.7 Å². The summed E-state index contributed by atoms with van der Waals surface area (Å²) in [6, 6.07) is 10.1. The van der Waals surface area contributed by atoms with Crippen LogP contribution >= 0.6 is 34.8 Å². The molecule has 0 radical (unpaired) electrons. The second kappa shape index (κ2) is 5.58. The number of aromatic nitrogens is 2. The number of imidazole rings is 1. The van der Waals surface area contributed by atoms with Crippen LogP contribution in [0.15, 0.2) is 42.5 Å². The van der Waals surface area contributed by atoms with Gasteiger partial charge in [0.15, 0.2) is 5.82 Å². The third-order valence-electron chi connectivity index (χ3n) is 3.30. The maximum atomic E-state index is 12.6. The van der Waals surface area contributed by atoms with Crippen molar-refractivity contribution in [1.82, 2.24) is 9.97 Å². The predicted molar refractivity (Wildman–Crippen MR) is 85.8 cm³/mol. The molecule has 0 atom stereocenters. The molecular formula is C15H8Cl3F3N2. The summed E-state index contributed by atoms with van der Waals surface area (Å²) in [7, 11) is 0. The normalized spacial score (nSPS) is 12.8. The quantitative estimate of drug-likeness (QED) is 0.510. The van der Waals surface area contributed by atoms with Gasteiger partial charge >= 0.3 is 6.18 Å². The van der Waals surface area contributed by atoms with Crippen molar-refractivity contribution in [2.75, 3.05) is 0 Å². The molecule has 8 heteroatoms. The van der Waals surface area contributed by atoms with Gasteiger partial charge in [-0.15, -0.1) is 0 Å². The number of alkyl halides is 6. The molecule has 1 aromatic heterocycles. The molecule has 0 aliphatic rings. The zero-order chi connectivity index (χ0) is 16.8. The highest BCUT2D eigenvalue weighted by molar-refractivity contribution is 6.66. The van der Waals surface area contributed by atoms with Crippen LogP contribution in [0.4, 0.5) is 13.2 Å². The molecule has 23 heavy (non-hydrogen) atoms. The summed E-state index contributed by atoms with van der Waals surface area (Å²) < 4.78 is 36.1. The highest BCUT2D eigenvalue weighted by Crippen LogP contribution is 2.37. The van der Waals surface area contributed by atoms with Crippen LogP contribution in [0.5, 0.6) is 0 Å². The van der Waals surface area contributed by atoms with Gasteiger partial charge in [-0.05, 0) is 35.4 Å². The Bertz CT molecular complexity index is 849. The summed E-state index contributed by atoms with van der Waals surface area (Å²) in [5.41, 5.74) is 1.91. The van der Waals surface area contributed by atoms with E-state index in [0.717, 1.165) is 17.7 Å². The Kier molecular flexibility index (Phi) is 3.99. The molecule has 120 valence electrons. The molecule has 0 saturated carbocycles. The molecule has 0 aliphatic carbocycles. The molecule has 3 aromatic rings. The third-order valence-corrected chi connectivity index (χ3v) is 3.83. The second-order valence-electron chi connectivity index (χ2n) is 4.89. The number of aromatic amines is 1. The molecule has 0 unspecified atom stereocenters. The van der Waals surface area contributed by atoms with Crippen LogP contribution in [0, 0.1) is 0 Å². The van der Waals surface area contributed by atoms with Crippen LogP contribution in [0.25, 0.3) is 22.2 Å². The minimum Gasteiger partial charge on any atom is -0.338 e. The minimum atomic E-state index is -4.36. The van der Waals surface area contributed by atoms with E-state index in [1.165, 1.54) is 12.1 Å². The van der Waals surface area contributed by atoms with Gasteiger partial charge in [0, 0.05) is 0 Å². The number of benzene rings is 2. The molecular weight excluding hydrogens is 372 g/mol. The van der Waals surface area contributed by atoms with E-state index in [0.29, 0.717) is 16.6 Å². The Labute approximate surface area is 144 Å². The van der Waals surface area contributed by atoms with Crippen molar-refractivity contribution in [1.29, 1.82) is 0 Å². The van der Waals surface area contributed by atoms with E-state index < -0.39 is 15.5 Å². The number of rotatable bonds is 1. The number of fused-ring (bicyclic) bond motifs is 1. The minimum absolute atomic E-state index is 0.182. The molecule has 2 aromatic carbocycles. The number of nitrogens with zero attached hydrogens (tertiary/aromatic N) is 1. The van der Waals surface area contributed by atoms with Crippen molar-refractivity contribution in [3.8, 4) is 11.1 Å². The predicted octanol–water partition coefficient (Wildman–Crippen LogP) is 6.08. The van der Waals surface area contributed by atoms with E-state index in [4.69, 9.17) is 34.8 Å². The first-order valence-electron chi connectivity index (χ1n) is 6.39. The lowest BCUT2D eigenvalue weighted by molar-refractivity contribution is -0.137. The van der Waals surface area contributed by atoms with Crippen molar-refractivity contribution in [3.05, 3.63) is 53.9 Å². The molecule has 0 spiro atoms. The molecule has 2 nitrogen and oxygen atoms in total. The zero-order valence-electron chi connectivity index (χ0n) is 11.3. The summed E-state index contributed by atoms with van der Waals surface area (Å²) in [5.74, 6) is 0.182. The fourth-order valence-corrected chi connectivity index (χ4v) is 2.44. The van der Waals surface area contributed by atoms with Gasteiger partial charge in [0.1, 0.15) is 0 Å². The van der Waals surface area contributed by atoms with Gasteiger partial charge in [-0.1, -0.05) is 53.0 Å². The van der Waals surface area contributed by atoms with Crippen LogP contribution in [0.3, 0.4) is 0 Å². The van der Waals surface area contributed by atoms with Crippen molar-refractivity contribution >= 4 is 45.8 Å². The lowest BCUT2D eigenvalue weighted by Crippen LogP contribution is -2.03. The Hall–Kier alpha value is -1.43. The van der Waals surface area contributed by atoms with E-state index in [9.17, 15) is 13.2 Å². The van der Waals surface area contributed by atoms with Gasteiger partial charge in [-0.3, -0.25) is 0 Å². The summed E-state index contributed by atoms with van der Waals surface area (Å²) in [4.78, 5) is 7.06. The fourth-order valence-electron chi connectivity index (χ4n) is 2.18. The Morgan fingerprint density at radius 2 is 1.48 bits per heavy atom. The SMILES string of the molecule is FC(F)(F)c1ccc(-c2ccc3nc(C(Cl)(Cl)Cl)[nH]c3c2)cc1. The van der Waals surface area contributed by atoms with E-state index in [-0.39, 0.29) is 5.82 Å². The Morgan fingerprint density at radius 1 is 0.870 bits per heavy atom. The average Bonchev–Trinajstić information content (AvgIpc) is 2.89. The first-order valence-corrected chi connectivity index (χ1v) is 7.52. The lowest BCUT2D eigenvalue weighted by Gasteiger charge is -2.07. The number of nitrogens with one attached hydrogen (secondary N) is 1. The number of hydrogen-bond donors (Lipinski definition) is 1. The number of halogens is 6. The van der Waals surface area contributed by atoms with Crippen LogP contribution in [-0.2, 0) is 9.97 Å². The van der Waals surface area contributed by atoms with E-state index in [2.05, 4.69) is 9.97 Å². The highest BCUT2D eigenvalue weighted by atomic mass is 35.6.